The van der Waals surface area contributed by atoms with Crippen molar-refractivity contribution in [1.29, 1.82) is 0 Å². The highest BCUT2D eigenvalue weighted by Crippen LogP contribution is 2.44. The maximum Gasteiger partial charge on any atom is 0.407 e. The molecule has 0 aromatic heterocycles. The Labute approximate surface area is 200 Å². The van der Waals surface area contributed by atoms with Crippen LogP contribution in [-0.4, -0.2) is 47.1 Å². The van der Waals surface area contributed by atoms with Crippen molar-refractivity contribution >= 4 is 59.9 Å². The van der Waals surface area contributed by atoms with E-state index in [1.165, 1.54) is 22.3 Å². The van der Waals surface area contributed by atoms with E-state index in [0.29, 0.717) is 13.1 Å². The second kappa shape index (κ2) is 10.7. The first-order chi connectivity index (χ1) is 14.3. The molecule has 0 heterocycles. The lowest BCUT2D eigenvalue weighted by atomic mass is 9.98. The van der Waals surface area contributed by atoms with E-state index in [-0.39, 0.29) is 31.6 Å². The van der Waals surface area contributed by atoms with Crippen LogP contribution in [0.2, 0.25) is 0 Å². The second-order valence-corrected chi connectivity index (χ2v) is 14.0. The number of halogens is 3. The fourth-order valence-electron chi connectivity index (χ4n) is 3.31. The molecule has 0 fully saturated rings. The summed E-state index contributed by atoms with van der Waals surface area (Å²) in [4.78, 5) is 23.6. The average molecular weight is 605 g/mol. The molecule has 3 rings (SSSR count). The quantitative estimate of drug-likeness (QED) is 0.264. The van der Waals surface area contributed by atoms with Gasteiger partial charge in [-0.05, 0) is 22.3 Å². The Balaban J connectivity index is 1.38. The van der Waals surface area contributed by atoms with E-state index in [2.05, 4.69) is 82.7 Å². The molecule has 0 spiro atoms. The van der Waals surface area contributed by atoms with Gasteiger partial charge in [-0.3, -0.25) is 4.79 Å². The van der Waals surface area contributed by atoms with Crippen LogP contribution in [0, 0.1) is 0 Å². The third kappa shape index (κ3) is 6.54. The van der Waals surface area contributed by atoms with Crippen molar-refractivity contribution < 1.29 is 19.1 Å². The summed E-state index contributed by atoms with van der Waals surface area (Å²) in [5, 5.41) is 5.60. The minimum Gasteiger partial charge on any atom is -0.461 e. The van der Waals surface area contributed by atoms with E-state index < -0.39 is 8.24 Å². The third-order valence-corrected chi connectivity index (χ3v) is 5.27. The summed E-state index contributed by atoms with van der Waals surface area (Å²) in [7, 11) is 0. The summed E-state index contributed by atoms with van der Waals surface area (Å²) < 4.78 is 9.87. The molecule has 0 radical (unpaired) electrons. The van der Waals surface area contributed by atoms with Crippen LogP contribution >= 0.6 is 47.8 Å². The smallest absolute Gasteiger partial charge is 0.407 e. The number of alkyl halides is 3. The molecule has 2 aromatic rings. The van der Waals surface area contributed by atoms with E-state index in [0.717, 1.165) is 0 Å². The van der Waals surface area contributed by atoms with Crippen molar-refractivity contribution in [2.75, 3.05) is 32.8 Å². The lowest BCUT2D eigenvalue weighted by Gasteiger charge is -2.15. The molecule has 0 bridgehead atoms. The molecule has 6 nitrogen and oxygen atoms in total. The van der Waals surface area contributed by atoms with Gasteiger partial charge in [0.1, 0.15) is 13.2 Å². The fraction of sp³-hybridized carbons (Fsp3) is 0.333. The normalized spacial score (nSPS) is 12.8. The Morgan fingerprint density at radius 2 is 1.50 bits per heavy atom. The van der Waals surface area contributed by atoms with Crippen LogP contribution < -0.4 is 10.6 Å². The zero-order chi connectivity index (χ0) is 21.6. The number of fused-ring (bicyclic) bond motifs is 3. The van der Waals surface area contributed by atoms with Crippen molar-refractivity contribution in [1.82, 2.24) is 10.6 Å². The Morgan fingerprint density at radius 1 is 0.900 bits per heavy atom. The zero-order valence-corrected chi connectivity index (χ0v) is 20.8. The van der Waals surface area contributed by atoms with Gasteiger partial charge in [-0.25, -0.2) is 4.79 Å². The Morgan fingerprint density at radius 3 is 2.10 bits per heavy atom. The van der Waals surface area contributed by atoms with Crippen molar-refractivity contribution in [3.63, 3.8) is 0 Å². The van der Waals surface area contributed by atoms with Crippen LogP contribution in [-0.2, 0) is 14.3 Å². The number of alkyl carbamates (subject to hydrolysis) is 1. The Hall–Kier alpha value is -1.42. The number of ether oxygens (including phenoxy) is 2. The molecule has 0 unspecified atom stereocenters. The molecule has 0 saturated carbocycles. The first-order valence-corrected chi connectivity index (χ1v) is 11.7. The van der Waals surface area contributed by atoms with Crippen LogP contribution in [0.3, 0.4) is 0 Å². The monoisotopic (exact) mass is 602 g/mol. The first-order valence-electron chi connectivity index (χ1n) is 9.37. The molecular formula is C21H21Br3N2O4. The van der Waals surface area contributed by atoms with E-state index in [1.807, 2.05) is 24.3 Å². The zero-order valence-electron chi connectivity index (χ0n) is 16.0. The van der Waals surface area contributed by atoms with Crippen LogP contribution in [0.15, 0.2) is 48.5 Å². The standard InChI is InChI=1S/C21H21Br3N2O4/c22-21(23,24)13-30-19(27)11-25-9-10-26-20(28)29-12-18-16-7-3-1-5-14(16)15-6-2-4-8-17(15)18/h1-8,18,25H,9-13H2,(H,26,28). The number of amides is 1. The van der Waals surface area contributed by atoms with Gasteiger partial charge in [-0.15, -0.1) is 0 Å². The highest BCUT2D eigenvalue weighted by Gasteiger charge is 2.28. The maximum atomic E-state index is 12.1. The van der Waals surface area contributed by atoms with Gasteiger partial charge in [-0.1, -0.05) is 96.3 Å². The van der Waals surface area contributed by atoms with Gasteiger partial charge in [0, 0.05) is 19.0 Å². The largest absolute Gasteiger partial charge is 0.461 e. The van der Waals surface area contributed by atoms with E-state index in [1.54, 1.807) is 0 Å². The van der Waals surface area contributed by atoms with E-state index >= 15 is 0 Å². The molecule has 1 amide bonds. The van der Waals surface area contributed by atoms with Crippen LogP contribution in [0.4, 0.5) is 4.79 Å². The molecule has 0 atom stereocenters. The van der Waals surface area contributed by atoms with Crippen LogP contribution in [0.5, 0.6) is 0 Å². The minimum absolute atomic E-state index is 0.0291. The number of carbonyl (C=O) groups is 2. The number of hydrogen-bond acceptors (Lipinski definition) is 5. The van der Waals surface area contributed by atoms with Crippen molar-refractivity contribution in [3.8, 4) is 11.1 Å². The second-order valence-electron chi connectivity index (χ2n) is 6.70. The number of nitrogens with one attached hydrogen (secondary N) is 2. The minimum atomic E-state index is -0.617. The predicted octanol–water partition coefficient (Wildman–Crippen LogP) is 4.50. The summed E-state index contributed by atoms with van der Waals surface area (Å²) in [6.07, 6.45) is -0.483. The number of esters is 1. The maximum absolute atomic E-state index is 12.1. The highest BCUT2D eigenvalue weighted by molar-refractivity contribution is 9.39. The van der Waals surface area contributed by atoms with Gasteiger partial charge in [0.15, 0.2) is 2.14 Å². The van der Waals surface area contributed by atoms with Crippen LogP contribution in [0.1, 0.15) is 17.0 Å². The topological polar surface area (TPSA) is 76.7 Å². The fourth-order valence-corrected chi connectivity index (χ4v) is 3.65. The van der Waals surface area contributed by atoms with E-state index in [9.17, 15) is 9.59 Å². The molecule has 0 saturated heterocycles. The van der Waals surface area contributed by atoms with Gasteiger partial charge in [0.05, 0.1) is 6.54 Å². The summed E-state index contributed by atoms with van der Waals surface area (Å²) in [5.74, 6) is -0.361. The lowest BCUT2D eigenvalue weighted by Crippen LogP contribution is -2.35. The number of carbonyl (C=O) groups excluding carboxylic acids is 2. The molecule has 1 aliphatic rings. The highest BCUT2D eigenvalue weighted by atomic mass is 80.0. The van der Waals surface area contributed by atoms with Gasteiger partial charge < -0.3 is 20.1 Å². The predicted molar refractivity (Wildman–Crippen MR) is 126 cm³/mol. The number of hydrogen-bond donors (Lipinski definition) is 2. The van der Waals surface area contributed by atoms with Gasteiger partial charge in [-0.2, -0.15) is 0 Å². The summed E-state index contributed by atoms with van der Waals surface area (Å²) in [5.41, 5.74) is 4.72. The molecule has 2 N–H and O–H groups in total. The van der Waals surface area contributed by atoms with Gasteiger partial charge >= 0.3 is 12.1 Å². The lowest BCUT2D eigenvalue weighted by molar-refractivity contribution is -0.142. The molecule has 0 aliphatic heterocycles. The van der Waals surface area contributed by atoms with Crippen molar-refractivity contribution in [2.45, 2.75) is 8.06 Å². The molecule has 30 heavy (non-hydrogen) atoms. The summed E-state index contributed by atoms with van der Waals surface area (Å²) >= 11 is 9.74. The van der Waals surface area contributed by atoms with Crippen molar-refractivity contribution in [2.24, 2.45) is 0 Å². The summed E-state index contributed by atoms with van der Waals surface area (Å²) in [6.45, 7) is 1.21. The molecule has 160 valence electrons. The van der Waals surface area contributed by atoms with Gasteiger partial charge in [0.2, 0.25) is 0 Å². The molecule has 1 aliphatic carbocycles. The molecule has 2 aromatic carbocycles. The SMILES string of the molecule is O=C(CNCCNC(=O)OCC1c2ccccc2-c2ccccc21)OCC(Br)(Br)Br. The average Bonchev–Trinajstić information content (AvgIpc) is 3.04. The van der Waals surface area contributed by atoms with E-state index in [4.69, 9.17) is 9.47 Å². The molecular weight excluding hydrogens is 584 g/mol. The Kier molecular flexibility index (Phi) is 8.33. The van der Waals surface area contributed by atoms with Gasteiger partial charge in [0.25, 0.3) is 0 Å². The summed E-state index contributed by atoms with van der Waals surface area (Å²) in [6, 6.07) is 16.4. The first kappa shape index (κ1) is 23.2. The molecule has 9 heteroatoms. The Bertz CT molecular complexity index is 856. The number of benzene rings is 2. The van der Waals surface area contributed by atoms with Crippen molar-refractivity contribution in [3.05, 3.63) is 59.7 Å². The third-order valence-electron chi connectivity index (χ3n) is 4.58. The van der Waals surface area contributed by atoms with Crippen LogP contribution in [0.25, 0.3) is 11.1 Å². The number of rotatable bonds is 8.